The highest BCUT2D eigenvalue weighted by Crippen LogP contribution is 2.29. The van der Waals surface area contributed by atoms with E-state index >= 15 is 0 Å². The number of methoxy groups -OCH3 is 1. The maximum Gasteiger partial charge on any atom is 0.371 e. The molecule has 0 fully saturated rings. The van der Waals surface area contributed by atoms with Gasteiger partial charge in [-0.15, -0.1) is 0 Å². The predicted octanol–water partition coefficient (Wildman–Crippen LogP) is 2.51. The van der Waals surface area contributed by atoms with Gasteiger partial charge in [0.15, 0.2) is 0 Å². The highest BCUT2D eigenvalue weighted by atomic mass is 16.6. The third kappa shape index (κ3) is 3.30. The second kappa shape index (κ2) is 5.95. The van der Waals surface area contributed by atoms with Crippen LogP contribution in [0.4, 0.5) is 11.4 Å². The zero-order valence-electron chi connectivity index (χ0n) is 11.0. The smallest absolute Gasteiger partial charge is 0.371 e. The highest BCUT2D eigenvalue weighted by Gasteiger charge is 2.16. The summed E-state index contributed by atoms with van der Waals surface area (Å²) in [5.41, 5.74) is 0.147. The number of aromatic carboxylic acids is 1. The first-order valence-electron chi connectivity index (χ1n) is 5.89. The van der Waals surface area contributed by atoms with Gasteiger partial charge >= 0.3 is 5.97 Å². The fraction of sp³-hybridized carbons (Fsp3) is 0.154. The number of nitrogens with zero attached hydrogens (tertiary/aromatic N) is 1. The van der Waals surface area contributed by atoms with Crippen LogP contribution in [0.1, 0.15) is 16.3 Å². The SMILES string of the molecule is COc1ccc(NCc2ccc(C(=O)O)o2)c([N+](=O)[O-])c1. The molecule has 0 aliphatic heterocycles. The second-order valence-corrected chi connectivity index (χ2v) is 4.06. The van der Waals surface area contributed by atoms with Crippen molar-refractivity contribution in [2.24, 2.45) is 0 Å². The normalized spacial score (nSPS) is 10.1. The summed E-state index contributed by atoms with van der Waals surface area (Å²) in [6.07, 6.45) is 0. The van der Waals surface area contributed by atoms with E-state index in [-0.39, 0.29) is 23.7 Å². The van der Waals surface area contributed by atoms with Gasteiger partial charge in [-0.3, -0.25) is 10.1 Å². The Morgan fingerprint density at radius 3 is 2.76 bits per heavy atom. The number of nitro groups is 1. The molecule has 0 saturated carbocycles. The van der Waals surface area contributed by atoms with E-state index in [9.17, 15) is 14.9 Å². The van der Waals surface area contributed by atoms with Crippen molar-refractivity contribution in [1.82, 2.24) is 0 Å². The molecule has 1 heterocycles. The minimum atomic E-state index is -1.17. The van der Waals surface area contributed by atoms with E-state index in [0.29, 0.717) is 11.5 Å². The van der Waals surface area contributed by atoms with Gasteiger partial charge in [0.2, 0.25) is 5.76 Å². The Morgan fingerprint density at radius 2 is 2.19 bits per heavy atom. The van der Waals surface area contributed by atoms with Crippen molar-refractivity contribution in [2.75, 3.05) is 12.4 Å². The molecule has 110 valence electrons. The van der Waals surface area contributed by atoms with Gasteiger partial charge in [0.25, 0.3) is 5.69 Å². The summed E-state index contributed by atoms with van der Waals surface area (Å²) >= 11 is 0. The Kier molecular flexibility index (Phi) is 4.07. The van der Waals surface area contributed by atoms with Crippen LogP contribution in [0.3, 0.4) is 0 Å². The quantitative estimate of drug-likeness (QED) is 0.620. The Balaban J connectivity index is 2.15. The first-order valence-corrected chi connectivity index (χ1v) is 5.89. The fourth-order valence-electron chi connectivity index (χ4n) is 1.71. The van der Waals surface area contributed by atoms with Gasteiger partial charge in [-0.05, 0) is 24.3 Å². The summed E-state index contributed by atoms with van der Waals surface area (Å²) in [6, 6.07) is 7.21. The number of carboxylic acid groups (broad SMARTS) is 1. The molecule has 2 rings (SSSR count). The number of carboxylic acids is 1. The standard InChI is InChI=1S/C13H12N2O6/c1-20-8-2-4-10(11(6-8)15(18)19)14-7-9-3-5-12(21-9)13(16)17/h2-6,14H,7H2,1H3,(H,16,17). The monoisotopic (exact) mass is 292 g/mol. The Morgan fingerprint density at radius 1 is 1.43 bits per heavy atom. The lowest BCUT2D eigenvalue weighted by Gasteiger charge is -2.07. The number of rotatable bonds is 6. The van der Waals surface area contributed by atoms with Crippen LogP contribution >= 0.6 is 0 Å². The Hall–Kier alpha value is -3.03. The van der Waals surface area contributed by atoms with Crippen molar-refractivity contribution < 1.29 is 24.0 Å². The molecule has 0 bridgehead atoms. The van der Waals surface area contributed by atoms with E-state index in [0.717, 1.165) is 0 Å². The van der Waals surface area contributed by atoms with Gasteiger partial charge in [-0.2, -0.15) is 0 Å². The molecule has 0 amide bonds. The molecule has 21 heavy (non-hydrogen) atoms. The van der Waals surface area contributed by atoms with Crippen LogP contribution in [0.2, 0.25) is 0 Å². The van der Waals surface area contributed by atoms with Gasteiger partial charge in [0.1, 0.15) is 17.2 Å². The lowest BCUT2D eigenvalue weighted by atomic mass is 10.2. The molecular weight excluding hydrogens is 280 g/mol. The van der Waals surface area contributed by atoms with E-state index in [1.807, 2.05) is 0 Å². The Bertz CT molecular complexity index is 679. The van der Waals surface area contributed by atoms with Crippen molar-refractivity contribution in [3.05, 3.63) is 52.0 Å². The number of benzene rings is 1. The van der Waals surface area contributed by atoms with Crippen molar-refractivity contribution in [1.29, 1.82) is 0 Å². The average Bonchev–Trinajstić information content (AvgIpc) is 2.94. The van der Waals surface area contributed by atoms with Crippen molar-refractivity contribution in [2.45, 2.75) is 6.54 Å². The summed E-state index contributed by atoms with van der Waals surface area (Å²) in [6.45, 7) is 0.125. The molecule has 0 aliphatic carbocycles. The fourth-order valence-corrected chi connectivity index (χ4v) is 1.71. The van der Waals surface area contributed by atoms with Crippen molar-refractivity contribution in [3.63, 3.8) is 0 Å². The van der Waals surface area contributed by atoms with Crippen molar-refractivity contribution >= 4 is 17.3 Å². The van der Waals surface area contributed by atoms with Crippen LogP contribution in [0.25, 0.3) is 0 Å². The average molecular weight is 292 g/mol. The highest BCUT2D eigenvalue weighted by molar-refractivity contribution is 5.84. The summed E-state index contributed by atoms with van der Waals surface area (Å²) < 4.78 is 9.99. The molecule has 0 spiro atoms. The number of furan rings is 1. The predicted molar refractivity (Wildman–Crippen MR) is 72.6 cm³/mol. The number of anilines is 1. The molecule has 1 aromatic heterocycles. The molecular formula is C13H12N2O6. The summed E-state index contributed by atoms with van der Waals surface area (Å²) in [5.74, 6) is -0.622. The number of hydrogen-bond donors (Lipinski definition) is 2. The van der Waals surface area contributed by atoms with E-state index < -0.39 is 10.9 Å². The summed E-state index contributed by atoms with van der Waals surface area (Å²) in [7, 11) is 1.42. The molecule has 8 heteroatoms. The van der Waals surface area contributed by atoms with Gasteiger partial charge in [-0.25, -0.2) is 4.79 Å². The largest absolute Gasteiger partial charge is 0.496 e. The minimum absolute atomic E-state index is 0.125. The maximum atomic E-state index is 11.0. The van der Waals surface area contributed by atoms with Gasteiger partial charge < -0.3 is 19.6 Å². The third-order valence-corrected chi connectivity index (χ3v) is 2.73. The van der Waals surface area contributed by atoms with Gasteiger partial charge in [0.05, 0.1) is 24.6 Å². The molecule has 1 aromatic carbocycles. The molecule has 8 nitrogen and oxygen atoms in total. The number of hydrogen-bond acceptors (Lipinski definition) is 6. The second-order valence-electron chi connectivity index (χ2n) is 4.06. The molecule has 2 aromatic rings. The summed E-state index contributed by atoms with van der Waals surface area (Å²) in [4.78, 5) is 21.2. The van der Waals surface area contributed by atoms with Gasteiger partial charge in [-0.1, -0.05) is 0 Å². The number of carbonyl (C=O) groups is 1. The minimum Gasteiger partial charge on any atom is -0.496 e. The third-order valence-electron chi connectivity index (χ3n) is 2.73. The lowest BCUT2D eigenvalue weighted by Crippen LogP contribution is -2.02. The molecule has 0 unspecified atom stereocenters. The topological polar surface area (TPSA) is 115 Å². The van der Waals surface area contributed by atoms with E-state index in [1.165, 1.54) is 31.4 Å². The zero-order chi connectivity index (χ0) is 15.4. The number of nitro benzene ring substituents is 1. The summed E-state index contributed by atoms with van der Waals surface area (Å²) in [5, 5.41) is 22.6. The van der Waals surface area contributed by atoms with E-state index in [2.05, 4.69) is 5.32 Å². The Labute approximate surface area is 119 Å². The van der Waals surface area contributed by atoms with Crippen LogP contribution < -0.4 is 10.1 Å². The van der Waals surface area contributed by atoms with Crippen molar-refractivity contribution in [3.8, 4) is 5.75 Å². The van der Waals surface area contributed by atoms with Crippen LogP contribution in [0.15, 0.2) is 34.7 Å². The van der Waals surface area contributed by atoms with E-state index in [1.54, 1.807) is 6.07 Å². The molecule has 0 saturated heterocycles. The van der Waals surface area contributed by atoms with Gasteiger partial charge in [0, 0.05) is 0 Å². The number of ether oxygens (including phenoxy) is 1. The van der Waals surface area contributed by atoms with E-state index in [4.69, 9.17) is 14.3 Å². The number of nitrogens with one attached hydrogen (secondary N) is 1. The molecule has 0 radical (unpaired) electrons. The molecule has 0 aliphatic rings. The maximum absolute atomic E-state index is 11.0. The first kappa shape index (κ1) is 14.4. The van der Waals surface area contributed by atoms with Crippen LogP contribution in [-0.2, 0) is 6.54 Å². The first-order chi connectivity index (χ1) is 10.0. The molecule has 0 atom stereocenters. The van der Waals surface area contributed by atoms with Crippen LogP contribution in [-0.4, -0.2) is 23.1 Å². The lowest BCUT2D eigenvalue weighted by molar-refractivity contribution is -0.384. The zero-order valence-corrected chi connectivity index (χ0v) is 11.0. The molecule has 2 N–H and O–H groups in total. The van der Waals surface area contributed by atoms with Crippen LogP contribution in [0, 0.1) is 10.1 Å². The van der Waals surface area contributed by atoms with Crippen LogP contribution in [0.5, 0.6) is 5.75 Å².